The Labute approximate surface area is 113 Å². The third-order valence-electron chi connectivity index (χ3n) is 2.82. The van der Waals surface area contributed by atoms with Crippen LogP contribution in [0.1, 0.15) is 22.3 Å². The van der Waals surface area contributed by atoms with Crippen LogP contribution in [0.3, 0.4) is 0 Å². The normalized spacial score (nSPS) is 11.3. The molecule has 0 aliphatic carbocycles. The van der Waals surface area contributed by atoms with Gasteiger partial charge in [0.1, 0.15) is 6.29 Å². The summed E-state index contributed by atoms with van der Waals surface area (Å²) in [7, 11) is -1.72. The fourth-order valence-corrected chi connectivity index (χ4v) is 2.70. The van der Waals surface area contributed by atoms with Crippen molar-refractivity contribution < 1.29 is 17.9 Å². The van der Waals surface area contributed by atoms with Gasteiger partial charge in [-0.05, 0) is 31.0 Å². The van der Waals surface area contributed by atoms with E-state index in [1.807, 2.05) is 0 Å². The monoisotopic (exact) mass is 285 g/mol. The van der Waals surface area contributed by atoms with Crippen molar-refractivity contribution in [2.75, 3.05) is 31.8 Å². The molecule has 1 N–H and O–H groups in total. The number of nitrogens with one attached hydrogen (secondary N) is 1. The fourth-order valence-electron chi connectivity index (χ4n) is 1.79. The van der Waals surface area contributed by atoms with Crippen LogP contribution < -0.4 is 5.32 Å². The SMILES string of the molecule is COCCCNc1c(S(C)(=O)=O)ccc(C=O)c1C. The zero-order chi connectivity index (χ0) is 14.5. The van der Waals surface area contributed by atoms with Gasteiger partial charge in [-0.1, -0.05) is 0 Å². The van der Waals surface area contributed by atoms with Crippen LogP contribution in [0.2, 0.25) is 0 Å². The first-order valence-electron chi connectivity index (χ1n) is 5.93. The summed E-state index contributed by atoms with van der Waals surface area (Å²) in [5, 5.41) is 3.08. The lowest BCUT2D eigenvalue weighted by Gasteiger charge is -2.15. The zero-order valence-corrected chi connectivity index (χ0v) is 12.2. The van der Waals surface area contributed by atoms with Crippen LogP contribution in [-0.2, 0) is 14.6 Å². The number of carbonyl (C=O) groups excluding carboxylic acids is 1. The number of rotatable bonds is 7. The lowest BCUT2D eigenvalue weighted by Crippen LogP contribution is -2.11. The maximum atomic E-state index is 11.7. The molecule has 0 aliphatic rings. The Morgan fingerprint density at radius 1 is 1.37 bits per heavy atom. The quantitative estimate of drug-likeness (QED) is 0.609. The number of benzene rings is 1. The van der Waals surface area contributed by atoms with Crippen LogP contribution in [-0.4, -0.2) is 41.2 Å². The predicted octanol–water partition coefficient (Wildman–Crippen LogP) is 1.66. The van der Waals surface area contributed by atoms with Gasteiger partial charge in [0, 0.05) is 32.1 Å². The number of anilines is 1. The fraction of sp³-hybridized carbons (Fsp3) is 0.462. The molecular weight excluding hydrogens is 266 g/mol. The number of carbonyl (C=O) groups is 1. The van der Waals surface area contributed by atoms with E-state index in [2.05, 4.69) is 5.32 Å². The van der Waals surface area contributed by atoms with Crippen molar-refractivity contribution in [2.45, 2.75) is 18.2 Å². The number of hydrogen-bond donors (Lipinski definition) is 1. The van der Waals surface area contributed by atoms with Gasteiger partial charge in [-0.2, -0.15) is 0 Å². The molecule has 19 heavy (non-hydrogen) atoms. The van der Waals surface area contributed by atoms with Gasteiger partial charge in [0.15, 0.2) is 9.84 Å². The maximum absolute atomic E-state index is 11.7. The number of ether oxygens (including phenoxy) is 1. The largest absolute Gasteiger partial charge is 0.385 e. The van der Waals surface area contributed by atoms with Crippen molar-refractivity contribution in [1.82, 2.24) is 0 Å². The second-order valence-electron chi connectivity index (χ2n) is 4.32. The van der Waals surface area contributed by atoms with Gasteiger partial charge in [-0.3, -0.25) is 4.79 Å². The number of aldehydes is 1. The molecule has 0 amide bonds. The second kappa shape index (κ2) is 6.68. The number of hydrogen-bond acceptors (Lipinski definition) is 5. The minimum absolute atomic E-state index is 0.216. The smallest absolute Gasteiger partial charge is 0.177 e. The molecular formula is C13H19NO4S. The standard InChI is InChI=1S/C13H19NO4S/c1-10-11(9-15)5-6-12(19(3,16)17)13(10)14-7-4-8-18-2/h5-6,9,14H,4,7-8H2,1-3H3. The molecule has 0 aliphatic heterocycles. The molecule has 0 bridgehead atoms. The van der Waals surface area contributed by atoms with Gasteiger partial charge in [-0.25, -0.2) is 8.42 Å². The lowest BCUT2D eigenvalue weighted by atomic mass is 10.1. The third kappa shape index (κ3) is 4.04. The van der Waals surface area contributed by atoms with Crippen LogP contribution in [0.25, 0.3) is 0 Å². The van der Waals surface area contributed by atoms with Crippen LogP contribution in [0.5, 0.6) is 0 Å². The molecule has 5 nitrogen and oxygen atoms in total. The first-order chi connectivity index (χ1) is 8.91. The van der Waals surface area contributed by atoms with E-state index in [9.17, 15) is 13.2 Å². The summed E-state index contributed by atoms with van der Waals surface area (Å²) in [4.78, 5) is 11.1. The van der Waals surface area contributed by atoms with E-state index in [0.717, 1.165) is 19.0 Å². The van der Waals surface area contributed by atoms with Crippen molar-refractivity contribution in [1.29, 1.82) is 0 Å². The van der Waals surface area contributed by atoms with Crippen LogP contribution in [0, 0.1) is 6.92 Å². The van der Waals surface area contributed by atoms with Crippen molar-refractivity contribution in [3.63, 3.8) is 0 Å². The highest BCUT2D eigenvalue weighted by Crippen LogP contribution is 2.27. The molecule has 106 valence electrons. The van der Waals surface area contributed by atoms with E-state index in [0.29, 0.717) is 30.0 Å². The summed E-state index contributed by atoms with van der Waals surface area (Å²) in [6.07, 6.45) is 2.63. The van der Waals surface area contributed by atoms with Crippen molar-refractivity contribution in [3.05, 3.63) is 23.3 Å². The Balaban J connectivity index is 3.12. The maximum Gasteiger partial charge on any atom is 0.177 e. The Morgan fingerprint density at radius 2 is 2.05 bits per heavy atom. The summed E-state index contributed by atoms with van der Waals surface area (Å²) in [6.45, 7) is 2.91. The summed E-state index contributed by atoms with van der Waals surface area (Å²) in [5.74, 6) is 0. The van der Waals surface area contributed by atoms with Gasteiger partial charge in [0.25, 0.3) is 0 Å². The van der Waals surface area contributed by atoms with Crippen molar-refractivity contribution in [3.8, 4) is 0 Å². The molecule has 0 unspecified atom stereocenters. The highest BCUT2D eigenvalue weighted by Gasteiger charge is 2.17. The average molecular weight is 285 g/mol. The number of sulfone groups is 1. The Kier molecular flexibility index (Phi) is 5.50. The molecule has 0 heterocycles. The first kappa shape index (κ1) is 15.7. The molecule has 0 spiro atoms. The molecule has 1 rings (SSSR count). The summed E-state index contributed by atoms with van der Waals surface area (Å²) >= 11 is 0. The predicted molar refractivity (Wildman–Crippen MR) is 74.7 cm³/mol. The van der Waals surface area contributed by atoms with Gasteiger partial charge >= 0.3 is 0 Å². The topological polar surface area (TPSA) is 72.5 Å². The molecule has 0 radical (unpaired) electrons. The van der Waals surface area contributed by atoms with Crippen LogP contribution in [0.4, 0.5) is 5.69 Å². The van der Waals surface area contributed by atoms with E-state index in [1.54, 1.807) is 14.0 Å². The van der Waals surface area contributed by atoms with E-state index < -0.39 is 9.84 Å². The van der Waals surface area contributed by atoms with E-state index >= 15 is 0 Å². The zero-order valence-electron chi connectivity index (χ0n) is 11.4. The minimum Gasteiger partial charge on any atom is -0.385 e. The van der Waals surface area contributed by atoms with Gasteiger partial charge < -0.3 is 10.1 Å². The highest BCUT2D eigenvalue weighted by atomic mass is 32.2. The molecule has 1 aromatic rings. The summed E-state index contributed by atoms with van der Waals surface area (Å²) in [6, 6.07) is 2.99. The molecule has 0 atom stereocenters. The minimum atomic E-state index is -3.33. The van der Waals surface area contributed by atoms with Crippen LogP contribution in [0.15, 0.2) is 17.0 Å². The van der Waals surface area contributed by atoms with E-state index in [4.69, 9.17) is 4.74 Å². The average Bonchev–Trinajstić information content (AvgIpc) is 2.34. The Bertz CT molecular complexity index is 552. The Morgan fingerprint density at radius 3 is 2.58 bits per heavy atom. The molecule has 1 aromatic carbocycles. The van der Waals surface area contributed by atoms with Crippen LogP contribution >= 0.6 is 0 Å². The summed E-state index contributed by atoms with van der Waals surface area (Å²) < 4.78 is 28.4. The molecule has 6 heteroatoms. The third-order valence-corrected chi connectivity index (χ3v) is 3.96. The van der Waals surface area contributed by atoms with Gasteiger partial charge in [-0.15, -0.1) is 0 Å². The van der Waals surface area contributed by atoms with E-state index in [-0.39, 0.29) is 4.90 Å². The molecule has 0 fully saturated rings. The second-order valence-corrected chi connectivity index (χ2v) is 6.30. The molecule has 0 saturated heterocycles. The molecule has 0 saturated carbocycles. The van der Waals surface area contributed by atoms with Gasteiger partial charge in [0.2, 0.25) is 0 Å². The molecule has 0 aromatic heterocycles. The lowest BCUT2D eigenvalue weighted by molar-refractivity contribution is 0.112. The summed E-state index contributed by atoms with van der Waals surface area (Å²) in [5.41, 5.74) is 1.64. The number of methoxy groups -OCH3 is 1. The van der Waals surface area contributed by atoms with Crippen molar-refractivity contribution in [2.24, 2.45) is 0 Å². The Hall–Kier alpha value is -1.40. The van der Waals surface area contributed by atoms with Gasteiger partial charge in [0.05, 0.1) is 10.6 Å². The van der Waals surface area contributed by atoms with Crippen molar-refractivity contribution >= 4 is 21.8 Å². The first-order valence-corrected chi connectivity index (χ1v) is 7.82. The highest BCUT2D eigenvalue weighted by molar-refractivity contribution is 7.90. The van der Waals surface area contributed by atoms with E-state index in [1.165, 1.54) is 12.1 Å².